The molecule has 7 nitrogen and oxygen atoms in total. The predicted molar refractivity (Wildman–Crippen MR) is 73.1 cm³/mol. The van der Waals surface area contributed by atoms with E-state index in [0.717, 1.165) is 9.99 Å². The van der Waals surface area contributed by atoms with Crippen molar-refractivity contribution in [3.05, 3.63) is 33.3 Å². The van der Waals surface area contributed by atoms with Crippen molar-refractivity contribution in [2.45, 2.75) is 6.92 Å². The van der Waals surface area contributed by atoms with Gasteiger partial charge in [-0.1, -0.05) is 0 Å². The molecular weight excluding hydrogens is 314 g/mol. The van der Waals surface area contributed by atoms with Gasteiger partial charge < -0.3 is 4.40 Å². The summed E-state index contributed by atoms with van der Waals surface area (Å²) in [7, 11) is 0. The number of hydrogen-bond donors (Lipinski definition) is 2. The largest absolute Gasteiger partial charge is 0.307 e. The quantitative estimate of drug-likeness (QED) is 0.706. The molecule has 3 rings (SSSR count). The number of carbonyl (C=O) groups excluding carboxylic acids is 1. The Morgan fingerprint density at radius 3 is 3.05 bits per heavy atom. The van der Waals surface area contributed by atoms with Crippen LogP contribution >= 0.6 is 15.9 Å². The molecule has 0 saturated heterocycles. The highest BCUT2D eigenvalue weighted by molar-refractivity contribution is 9.10. The minimum Gasteiger partial charge on any atom is -0.307 e. The Bertz CT molecular complexity index is 867. The average molecular weight is 322 g/mol. The molecule has 0 fully saturated rings. The summed E-state index contributed by atoms with van der Waals surface area (Å²) in [6.45, 7) is 1.34. The second kappa shape index (κ2) is 4.16. The molecule has 1 amide bonds. The molecule has 0 aromatic carbocycles. The topological polar surface area (TPSA) is 92.2 Å². The van der Waals surface area contributed by atoms with Gasteiger partial charge in [0.15, 0.2) is 11.2 Å². The Morgan fingerprint density at radius 1 is 1.53 bits per heavy atom. The van der Waals surface area contributed by atoms with E-state index >= 15 is 0 Å². The summed E-state index contributed by atoms with van der Waals surface area (Å²) in [5.41, 5.74) is 1.00. The number of fused-ring (bicyclic) bond motifs is 3. The molecule has 0 radical (unpaired) electrons. The van der Waals surface area contributed by atoms with Crippen LogP contribution in [0.2, 0.25) is 0 Å². The van der Waals surface area contributed by atoms with Gasteiger partial charge in [-0.3, -0.25) is 19.9 Å². The van der Waals surface area contributed by atoms with Crippen LogP contribution in [0.5, 0.6) is 0 Å². The minimum absolute atomic E-state index is 0.0862. The van der Waals surface area contributed by atoms with Gasteiger partial charge in [0.25, 0.3) is 5.56 Å². The number of H-pyrrole nitrogens is 1. The van der Waals surface area contributed by atoms with E-state index in [0.29, 0.717) is 5.52 Å². The van der Waals surface area contributed by atoms with Gasteiger partial charge in [0.1, 0.15) is 0 Å². The van der Waals surface area contributed by atoms with E-state index in [-0.39, 0.29) is 23.1 Å². The zero-order chi connectivity index (χ0) is 13.6. The van der Waals surface area contributed by atoms with Gasteiger partial charge in [0.2, 0.25) is 11.9 Å². The average Bonchev–Trinajstić information content (AvgIpc) is 2.69. The number of aromatic nitrogens is 4. The van der Waals surface area contributed by atoms with Gasteiger partial charge >= 0.3 is 0 Å². The van der Waals surface area contributed by atoms with Crippen molar-refractivity contribution in [1.29, 1.82) is 0 Å². The molecular formula is C11H8BrN5O2. The lowest BCUT2D eigenvalue weighted by Crippen LogP contribution is -2.18. The summed E-state index contributed by atoms with van der Waals surface area (Å²) < 4.78 is 2.53. The normalized spacial score (nSPS) is 11.1. The van der Waals surface area contributed by atoms with Gasteiger partial charge in [-0.15, -0.1) is 0 Å². The van der Waals surface area contributed by atoms with Gasteiger partial charge in [-0.25, -0.2) is 4.98 Å². The monoisotopic (exact) mass is 321 g/mol. The predicted octanol–water partition coefficient (Wildman–Crippen LogP) is 1.29. The SMILES string of the molecule is CC(=O)Nc1nc2ncc3c(Br)ccn3c2c(=O)[nH]1. The summed E-state index contributed by atoms with van der Waals surface area (Å²) in [4.78, 5) is 33.8. The minimum atomic E-state index is -0.366. The number of anilines is 1. The maximum atomic E-state index is 12.1. The van der Waals surface area contributed by atoms with Crippen molar-refractivity contribution < 1.29 is 4.79 Å². The highest BCUT2D eigenvalue weighted by Crippen LogP contribution is 2.20. The van der Waals surface area contributed by atoms with Crippen LogP contribution < -0.4 is 10.9 Å². The molecule has 0 atom stereocenters. The molecule has 0 aliphatic rings. The van der Waals surface area contributed by atoms with Gasteiger partial charge in [0.05, 0.1) is 11.7 Å². The molecule has 0 spiro atoms. The number of halogens is 1. The Morgan fingerprint density at radius 2 is 2.32 bits per heavy atom. The molecule has 0 bridgehead atoms. The van der Waals surface area contributed by atoms with Gasteiger partial charge in [0, 0.05) is 17.6 Å². The summed E-state index contributed by atoms with van der Waals surface area (Å²) in [5, 5.41) is 2.43. The first kappa shape index (κ1) is 11.8. The molecule has 0 saturated carbocycles. The lowest BCUT2D eigenvalue weighted by molar-refractivity contribution is -0.114. The van der Waals surface area contributed by atoms with E-state index in [9.17, 15) is 9.59 Å². The number of nitrogens with one attached hydrogen (secondary N) is 2. The molecule has 3 heterocycles. The standard InChI is InChI=1S/C11H8BrN5O2/c1-5(18)14-11-15-9-8(10(19)16-11)17-3-2-6(12)7(17)4-13-9/h2-4H,1H3,(H2,14,15,16,18,19). The Balaban J connectivity index is 2.36. The van der Waals surface area contributed by atoms with Crippen LogP contribution in [0, 0.1) is 0 Å². The molecule has 96 valence electrons. The van der Waals surface area contributed by atoms with Crippen LogP contribution in [-0.4, -0.2) is 25.3 Å². The molecule has 3 aromatic rings. The van der Waals surface area contributed by atoms with Crippen LogP contribution in [0.15, 0.2) is 27.7 Å². The maximum absolute atomic E-state index is 12.1. The molecule has 3 aromatic heterocycles. The van der Waals surface area contributed by atoms with E-state index < -0.39 is 0 Å². The Kier molecular flexibility index (Phi) is 2.59. The number of rotatable bonds is 1. The maximum Gasteiger partial charge on any atom is 0.278 e. The van der Waals surface area contributed by atoms with Gasteiger partial charge in [-0.05, 0) is 22.0 Å². The van der Waals surface area contributed by atoms with Crippen molar-refractivity contribution in [1.82, 2.24) is 19.4 Å². The molecule has 0 unspecified atom stereocenters. The zero-order valence-electron chi connectivity index (χ0n) is 9.77. The first-order chi connectivity index (χ1) is 9.06. The third-order valence-corrected chi connectivity index (χ3v) is 3.27. The molecule has 2 N–H and O–H groups in total. The van der Waals surface area contributed by atoms with Crippen LogP contribution in [-0.2, 0) is 4.79 Å². The third-order valence-electron chi connectivity index (χ3n) is 2.60. The zero-order valence-corrected chi connectivity index (χ0v) is 11.4. The first-order valence-corrected chi connectivity index (χ1v) is 6.19. The summed E-state index contributed by atoms with van der Waals surface area (Å²) in [6, 6.07) is 1.82. The summed E-state index contributed by atoms with van der Waals surface area (Å²) >= 11 is 3.37. The fraction of sp³-hybridized carbons (Fsp3) is 0.0909. The van der Waals surface area contributed by atoms with E-state index in [1.54, 1.807) is 16.8 Å². The molecule has 0 aliphatic heterocycles. The van der Waals surface area contributed by atoms with E-state index in [2.05, 4.69) is 36.2 Å². The number of hydrogen-bond acceptors (Lipinski definition) is 4. The lowest BCUT2D eigenvalue weighted by Gasteiger charge is -2.04. The molecule has 0 aliphatic carbocycles. The van der Waals surface area contributed by atoms with Crippen LogP contribution in [0.25, 0.3) is 16.7 Å². The number of aromatic amines is 1. The van der Waals surface area contributed by atoms with Crippen LogP contribution in [0.1, 0.15) is 6.92 Å². The number of carbonyl (C=O) groups is 1. The van der Waals surface area contributed by atoms with Crippen molar-refractivity contribution in [3.8, 4) is 0 Å². The van der Waals surface area contributed by atoms with Crippen molar-refractivity contribution >= 4 is 44.5 Å². The molecule has 19 heavy (non-hydrogen) atoms. The second-order valence-corrected chi connectivity index (χ2v) is 4.80. The summed E-state index contributed by atoms with van der Waals surface area (Å²) in [6.07, 6.45) is 3.36. The summed E-state index contributed by atoms with van der Waals surface area (Å²) in [5.74, 6) is -0.227. The van der Waals surface area contributed by atoms with Crippen LogP contribution in [0.3, 0.4) is 0 Å². The number of nitrogens with zero attached hydrogens (tertiary/aromatic N) is 3. The van der Waals surface area contributed by atoms with Crippen molar-refractivity contribution in [3.63, 3.8) is 0 Å². The number of amides is 1. The lowest BCUT2D eigenvalue weighted by atomic mass is 10.4. The smallest absolute Gasteiger partial charge is 0.278 e. The van der Waals surface area contributed by atoms with E-state index in [1.807, 2.05) is 6.07 Å². The second-order valence-electron chi connectivity index (χ2n) is 3.95. The van der Waals surface area contributed by atoms with Crippen LogP contribution in [0.4, 0.5) is 5.95 Å². The van der Waals surface area contributed by atoms with Gasteiger partial charge in [-0.2, -0.15) is 4.98 Å². The van der Waals surface area contributed by atoms with E-state index in [1.165, 1.54) is 6.92 Å². The Labute approximate surface area is 114 Å². The first-order valence-electron chi connectivity index (χ1n) is 5.39. The third kappa shape index (κ3) is 1.89. The Hall–Kier alpha value is -2.22. The highest BCUT2D eigenvalue weighted by Gasteiger charge is 2.11. The van der Waals surface area contributed by atoms with Crippen molar-refractivity contribution in [2.75, 3.05) is 5.32 Å². The molecule has 8 heteroatoms. The van der Waals surface area contributed by atoms with E-state index in [4.69, 9.17) is 0 Å². The fourth-order valence-electron chi connectivity index (χ4n) is 1.85. The van der Waals surface area contributed by atoms with Crippen molar-refractivity contribution in [2.24, 2.45) is 0 Å². The highest BCUT2D eigenvalue weighted by atomic mass is 79.9. The fourth-order valence-corrected chi connectivity index (χ4v) is 2.26.